The van der Waals surface area contributed by atoms with Gasteiger partial charge in [-0.2, -0.15) is 0 Å². The number of hydrogen-bond acceptors (Lipinski definition) is 2. The maximum Gasteiger partial charge on any atom is 0.224 e. The van der Waals surface area contributed by atoms with Crippen molar-refractivity contribution in [2.75, 3.05) is 0 Å². The Morgan fingerprint density at radius 3 is 2.48 bits per heavy atom. The number of hydrogen-bond donors (Lipinski definition) is 2. The van der Waals surface area contributed by atoms with Crippen LogP contribution in [0.1, 0.15) is 44.2 Å². The van der Waals surface area contributed by atoms with E-state index in [1.54, 1.807) is 0 Å². The second-order valence-electron chi connectivity index (χ2n) is 6.27. The van der Waals surface area contributed by atoms with Crippen molar-refractivity contribution in [3.05, 3.63) is 35.4 Å². The Morgan fingerprint density at radius 2 is 1.90 bits per heavy atom. The molecule has 1 amide bonds. The summed E-state index contributed by atoms with van der Waals surface area (Å²) in [6, 6.07) is 7.91. The van der Waals surface area contributed by atoms with Crippen molar-refractivity contribution in [3.8, 4) is 0 Å². The normalized spacial score (nSPS) is 25.3. The topological polar surface area (TPSA) is 55.1 Å². The molecule has 0 saturated heterocycles. The van der Waals surface area contributed by atoms with Crippen molar-refractivity contribution in [2.24, 2.45) is 17.6 Å². The van der Waals surface area contributed by atoms with Crippen molar-refractivity contribution in [1.82, 2.24) is 5.32 Å². The van der Waals surface area contributed by atoms with Crippen LogP contribution in [0.15, 0.2) is 24.3 Å². The molecule has 1 aromatic rings. The maximum absolute atomic E-state index is 12.1. The third kappa shape index (κ3) is 4.53. The first-order valence-corrected chi connectivity index (χ1v) is 8.04. The lowest BCUT2D eigenvalue weighted by Crippen LogP contribution is -2.40. The minimum atomic E-state index is 0.102. The molecular formula is C17H24N2OS. The summed E-state index contributed by atoms with van der Waals surface area (Å²) < 4.78 is 0. The van der Waals surface area contributed by atoms with E-state index in [1.165, 1.54) is 6.42 Å². The Balaban J connectivity index is 1.85. The Labute approximate surface area is 132 Å². The van der Waals surface area contributed by atoms with Crippen LogP contribution in [0, 0.1) is 11.8 Å². The Bertz CT molecular complexity index is 512. The van der Waals surface area contributed by atoms with Gasteiger partial charge in [0.05, 0.1) is 6.42 Å². The highest BCUT2D eigenvalue weighted by molar-refractivity contribution is 7.80. The van der Waals surface area contributed by atoms with Crippen LogP contribution in [0.4, 0.5) is 0 Å². The van der Waals surface area contributed by atoms with Gasteiger partial charge < -0.3 is 11.1 Å². The van der Waals surface area contributed by atoms with Gasteiger partial charge >= 0.3 is 0 Å². The molecule has 0 heterocycles. The molecule has 1 aliphatic carbocycles. The van der Waals surface area contributed by atoms with E-state index in [-0.39, 0.29) is 5.91 Å². The van der Waals surface area contributed by atoms with Gasteiger partial charge in [0, 0.05) is 11.6 Å². The molecule has 1 aliphatic rings. The van der Waals surface area contributed by atoms with Gasteiger partial charge in [0.1, 0.15) is 4.99 Å². The molecule has 3 N–H and O–H groups in total. The van der Waals surface area contributed by atoms with Gasteiger partial charge in [0.15, 0.2) is 0 Å². The highest BCUT2D eigenvalue weighted by Gasteiger charge is 2.25. The zero-order chi connectivity index (χ0) is 15.4. The number of nitrogens with one attached hydrogen (secondary N) is 1. The number of benzene rings is 1. The van der Waals surface area contributed by atoms with Crippen LogP contribution >= 0.6 is 12.2 Å². The van der Waals surface area contributed by atoms with Gasteiger partial charge in [-0.05, 0) is 36.7 Å². The summed E-state index contributed by atoms with van der Waals surface area (Å²) in [5.41, 5.74) is 7.39. The molecule has 21 heavy (non-hydrogen) atoms. The van der Waals surface area contributed by atoms with E-state index in [4.69, 9.17) is 18.0 Å². The minimum Gasteiger partial charge on any atom is -0.389 e. The van der Waals surface area contributed by atoms with E-state index in [0.717, 1.165) is 29.9 Å². The van der Waals surface area contributed by atoms with Crippen LogP contribution in [-0.4, -0.2) is 16.9 Å². The molecule has 4 heteroatoms. The largest absolute Gasteiger partial charge is 0.389 e. The fourth-order valence-electron chi connectivity index (χ4n) is 2.93. The summed E-state index contributed by atoms with van der Waals surface area (Å²) >= 11 is 4.92. The third-order valence-electron chi connectivity index (χ3n) is 4.57. The molecule has 0 bridgehead atoms. The number of thiocarbonyl (C=S) groups is 1. The highest BCUT2D eigenvalue weighted by Crippen LogP contribution is 2.29. The molecule has 0 aromatic heterocycles. The highest BCUT2D eigenvalue weighted by atomic mass is 32.1. The van der Waals surface area contributed by atoms with Gasteiger partial charge in [-0.1, -0.05) is 50.3 Å². The fourth-order valence-corrected chi connectivity index (χ4v) is 3.07. The van der Waals surface area contributed by atoms with Crippen molar-refractivity contribution in [3.63, 3.8) is 0 Å². The molecule has 3 nitrogen and oxygen atoms in total. The Hall–Kier alpha value is -1.42. The van der Waals surface area contributed by atoms with E-state index in [9.17, 15) is 4.79 Å². The molecule has 0 spiro atoms. The first-order chi connectivity index (χ1) is 9.95. The summed E-state index contributed by atoms with van der Waals surface area (Å²) in [5, 5.41) is 3.17. The smallest absolute Gasteiger partial charge is 0.224 e. The monoisotopic (exact) mass is 304 g/mol. The van der Waals surface area contributed by atoms with Crippen LogP contribution in [0.2, 0.25) is 0 Å². The molecule has 0 aliphatic heterocycles. The second-order valence-corrected chi connectivity index (χ2v) is 6.71. The minimum absolute atomic E-state index is 0.102. The molecular weight excluding hydrogens is 280 g/mol. The van der Waals surface area contributed by atoms with E-state index in [1.807, 2.05) is 24.3 Å². The summed E-state index contributed by atoms with van der Waals surface area (Å²) in [6.07, 6.45) is 3.80. The van der Waals surface area contributed by atoms with Gasteiger partial charge in [-0.25, -0.2) is 0 Å². The lowest BCUT2D eigenvalue weighted by molar-refractivity contribution is -0.121. The van der Waals surface area contributed by atoms with Gasteiger partial charge in [0.25, 0.3) is 0 Å². The predicted octanol–water partition coefficient (Wildman–Crippen LogP) is 2.80. The first-order valence-electron chi connectivity index (χ1n) is 7.64. The summed E-state index contributed by atoms with van der Waals surface area (Å²) in [4.78, 5) is 12.5. The molecule has 3 atom stereocenters. The van der Waals surface area contributed by atoms with Crippen molar-refractivity contribution in [2.45, 2.75) is 45.6 Å². The molecule has 2 rings (SSSR count). The summed E-state index contributed by atoms with van der Waals surface area (Å²) in [5.74, 6) is 1.56. The van der Waals surface area contributed by atoms with Crippen molar-refractivity contribution >= 4 is 23.1 Å². The van der Waals surface area contributed by atoms with Gasteiger partial charge in [-0.15, -0.1) is 0 Å². The van der Waals surface area contributed by atoms with Crippen LogP contribution in [0.5, 0.6) is 0 Å². The average molecular weight is 304 g/mol. The molecule has 114 valence electrons. The molecule has 0 radical (unpaired) electrons. The predicted molar refractivity (Wildman–Crippen MR) is 90.1 cm³/mol. The molecule has 3 unspecified atom stereocenters. The average Bonchev–Trinajstić information content (AvgIpc) is 2.43. The first kappa shape index (κ1) is 16.0. The number of carbonyl (C=O) groups excluding carboxylic acids is 1. The fraction of sp³-hybridized carbons (Fsp3) is 0.529. The van der Waals surface area contributed by atoms with E-state index in [2.05, 4.69) is 19.2 Å². The standard InChI is InChI=1S/C17H24N2OS/c1-11-3-8-15(9-12(11)2)19-16(20)10-13-4-6-14(7-5-13)17(18)21/h4-7,11-12,15H,3,8-10H2,1-2H3,(H2,18,21)(H,19,20). The number of nitrogens with two attached hydrogens (primary N) is 1. The summed E-state index contributed by atoms with van der Waals surface area (Å²) in [7, 11) is 0. The van der Waals surface area contributed by atoms with E-state index in [0.29, 0.717) is 23.4 Å². The van der Waals surface area contributed by atoms with Crippen molar-refractivity contribution < 1.29 is 4.79 Å². The van der Waals surface area contributed by atoms with Crippen molar-refractivity contribution in [1.29, 1.82) is 0 Å². The quantitative estimate of drug-likeness (QED) is 0.841. The lowest BCUT2D eigenvalue weighted by Gasteiger charge is -2.32. The maximum atomic E-state index is 12.1. The van der Waals surface area contributed by atoms with E-state index < -0.39 is 0 Å². The zero-order valence-corrected chi connectivity index (χ0v) is 13.6. The summed E-state index contributed by atoms with van der Waals surface area (Å²) in [6.45, 7) is 4.57. The number of amides is 1. The molecule has 1 fully saturated rings. The van der Waals surface area contributed by atoms with Crippen LogP contribution < -0.4 is 11.1 Å². The third-order valence-corrected chi connectivity index (χ3v) is 4.80. The van der Waals surface area contributed by atoms with E-state index >= 15 is 0 Å². The van der Waals surface area contributed by atoms with Crippen LogP contribution in [0.3, 0.4) is 0 Å². The lowest BCUT2D eigenvalue weighted by atomic mass is 9.79. The molecule has 1 aromatic carbocycles. The SMILES string of the molecule is CC1CCC(NC(=O)Cc2ccc(C(N)=S)cc2)CC1C. The Kier molecular flexibility index (Phi) is 5.34. The van der Waals surface area contributed by atoms with Crippen LogP contribution in [-0.2, 0) is 11.2 Å². The van der Waals surface area contributed by atoms with Gasteiger partial charge in [-0.3, -0.25) is 4.79 Å². The molecule has 1 saturated carbocycles. The number of carbonyl (C=O) groups is 1. The zero-order valence-electron chi connectivity index (χ0n) is 12.8. The Morgan fingerprint density at radius 1 is 1.24 bits per heavy atom. The van der Waals surface area contributed by atoms with Crippen LogP contribution in [0.25, 0.3) is 0 Å². The number of rotatable bonds is 4. The van der Waals surface area contributed by atoms with Gasteiger partial charge in [0.2, 0.25) is 5.91 Å². The second kappa shape index (κ2) is 7.03.